The molecule has 1 aromatic heterocycles. The lowest BCUT2D eigenvalue weighted by atomic mass is 9.92. The van der Waals surface area contributed by atoms with Crippen LogP contribution in [0.15, 0.2) is 90.0 Å². The zero-order chi connectivity index (χ0) is 34.8. The van der Waals surface area contributed by atoms with E-state index in [4.69, 9.17) is 9.47 Å². The van der Waals surface area contributed by atoms with E-state index in [1.54, 1.807) is 17.0 Å². The van der Waals surface area contributed by atoms with Gasteiger partial charge >= 0.3 is 12.1 Å². The number of carbonyl (C=O) groups is 3. The molecule has 2 heterocycles. The van der Waals surface area contributed by atoms with Crippen LogP contribution in [-0.2, 0) is 48.7 Å². The minimum Gasteiger partial charge on any atom is -0.468 e. The number of hydrogen-bond donors (Lipinski definition) is 2. The lowest BCUT2D eigenvalue weighted by Gasteiger charge is -2.31. The zero-order valence-corrected chi connectivity index (χ0v) is 28.8. The molecule has 0 aliphatic carbocycles. The number of carbonyl (C=O) groups excluding carboxylic acids is 3. The summed E-state index contributed by atoms with van der Waals surface area (Å²) in [6.07, 6.45) is 5.65. The Labute approximate surface area is 287 Å². The van der Waals surface area contributed by atoms with E-state index in [-0.39, 0.29) is 36.5 Å². The number of ether oxygens (including phenoxy) is 2. The van der Waals surface area contributed by atoms with Crippen molar-refractivity contribution in [2.24, 2.45) is 5.92 Å². The van der Waals surface area contributed by atoms with Crippen LogP contribution in [0.3, 0.4) is 0 Å². The largest absolute Gasteiger partial charge is 0.468 e. The molecule has 11 nitrogen and oxygen atoms in total. The SMILES string of the molecule is COC(=O)[C@H](CNC(=O)Cc1cn(CCCC2CCN(C(=O)OCc3ccccc3)CC2)c2ccccc12)NS(=O)(=O)c1ccc(C)cc1. The Morgan fingerprint density at radius 3 is 2.35 bits per heavy atom. The Hall–Kier alpha value is -4.68. The van der Waals surface area contributed by atoms with E-state index < -0.39 is 22.0 Å². The fourth-order valence-electron chi connectivity index (χ4n) is 6.15. The molecule has 0 radical (unpaired) electrons. The minimum atomic E-state index is -4.03. The van der Waals surface area contributed by atoms with Crippen LogP contribution in [0.1, 0.15) is 42.4 Å². The molecule has 0 spiro atoms. The molecule has 12 heteroatoms. The number of nitrogens with one attached hydrogen (secondary N) is 2. The maximum Gasteiger partial charge on any atom is 0.410 e. The standard InChI is InChI=1S/C37H44N4O7S/c1-27-14-16-31(17-15-27)49(45,46)39-33(36(43)47-2)24-38-35(42)23-30-25-41(34-13-7-6-12-32(30)34)20-8-11-28-18-21-40(22-19-28)37(44)48-26-29-9-4-3-5-10-29/h3-7,9-10,12-17,25,28,33,39H,8,11,18-24,26H2,1-2H3,(H,38,42)/t33-/m0/s1. The lowest BCUT2D eigenvalue weighted by molar-refractivity contribution is -0.142. The summed E-state index contributed by atoms with van der Waals surface area (Å²) in [5, 5.41) is 3.67. The van der Waals surface area contributed by atoms with Gasteiger partial charge in [-0.1, -0.05) is 66.2 Å². The number of likely N-dealkylation sites (tertiary alicyclic amines) is 1. The average Bonchev–Trinajstić information content (AvgIpc) is 3.46. The fourth-order valence-corrected chi connectivity index (χ4v) is 7.34. The summed E-state index contributed by atoms with van der Waals surface area (Å²) < 4.78 is 40.6. The van der Waals surface area contributed by atoms with Gasteiger partial charge in [0.1, 0.15) is 12.6 Å². The molecule has 1 aliphatic heterocycles. The number of sulfonamides is 1. The average molecular weight is 689 g/mol. The number of aryl methyl sites for hydroxylation is 2. The predicted octanol–water partition coefficient (Wildman–Crippen LogP) is 4.96. The first-order valence-corrected chi connectivity index (χ1v) is 18.1. The number of benzene rings is 3. The van der Waals surface area contributed by atoms with Crippen LogP contribution in [0.25, 0.3) is 10.9 Å². The first kappa shape index (κ1) is 35.6. The molecular weight excluding hydrogens is 644 g/mol. The fraction of sp³-hybridized carbons (Fsp3) is 0.378. The third-order valence-electron chi connectivity index (χ3n) is 8.93. The number of nitrogens with zero attached hydrogens (tertiary/aromatic N) is 2. The number of para-hydroxylation sites is 1. The third-order valence-corrected chi connectivity index (χ3v) is 10.4. The lowest BCUT2D eigenvalue weighted by Crippen LogP contribution is -2.49. The molecule has 0 bridgehead atoms. The Kier molecular flexibility index (Phi) is 12.1. The zero-order valence-electron chi connectivity index (χ0n) is 28.0. The summed E-state index contributed by atoms with van der Waals surface area (Å²) in [7, 11) is -2.86. The van der Waals surface area contributed by atoms with Crippen molar-refractivity contribution in [1.29, 1.82) is 0 Å². The van der Waals surface area contributed by atoms with Crippen molar-refractivity contribution in [3.63, 3.8) is 0 Å². The predicted molar refractivity (Wildman–Crippen MR) is 186 cm³/mol. The van der Waals surface area contributed by atoms with Crippen LogP contribution in [0.4, 0.5) is 4.79 Å². The van der Waals surface area contributed by atoms with Gasteiger partial charge in [0.05, 0.1) is 18.4 Å². The van der Waals surface area contributed by atoms with Gasteiger partial charge in [-0.3, -0.25) is 9.59 Å². The Bertz CT molecular complexity index is 1830. The summed E-state index contributed by atoms with van der Waals surface area (Å²) in [6, 6.07) is 22.5. The van der Waals surface area contributed by atoms with Gasteiger partial charge in [-0.05, 0) is 67.9 Å². The molecule has 1 saturated heterocycles. The molecule has 0 saturated carbocycles. The van der Waals surface area contributed by atoms with E-state index in [0.29, 0.717) is 19.0 Å². The summed E-state index contributed by atoms with van der Waals surface area (Å²) in [5.41, 5.74) is 3.73. The van der Waals surface area contributed by atoms with Gasteiger partial charge in [0.15, 0.2) is 0 Å². The first-order valence-electron chi connectivity index (χ1n) is 16.6. The van der Waals surface area contributed by atoms with E-state index in [1.165, 1.54) is 19.2 Å². The van der Waals surface area contributed by atoms with Crippen LogP contribution in [-0.4, -0.2) is 68.6 Å². The first-order chi connectivity index (χ1) is 23.6. The molecule has 1 aliphatic rings. The highest BCUT2D eigenvalue weighted by Crippen LogP contribution is 2.26. The molecule has 49 heavy (non-hydrogen) atoms. The van der Waals surface area contributed by atoms with Crippen molar-refractivity contribution < 1.29 is 32.3 Å². The van der Waals surface area contributed by atoms with Crippen molar-refractivity contribution in [3.05, 3.63) is 102 Å². The topological polar surface area (TPSA) is 136 Å². The highest BCUT2D eigenvalue weighted by Gasteiger charge is 2.27. The van der Waals surface area contributed by atoms with E-state index in [0.717, 1.165) is 59.8 Å². The van der Waals surface area contributed by atoms with Crippen LogP contribution in [0.2, 0.25) is 0 Å². The normalized spacial score (nSPS) is 14.4. The van der Waals surface area contributed by atoms with E-state index in [1.807, 2.05) is 67.7 Å². The van der Waals surface area contributed by atoms with Gasteiger partial charge in [-0.25, -0.2) is 13.2 Å². The maximum atomic E-state index is 13.1. The van der Waals surface area contributed by atoms with Gasteiger partial charge < -0.3 is 24.3 Å². The molecule has 2 amide bonds. The van der Waals surface area contributed by atoms with E-state index in [9.17, 15) is 22.8 Å². The second kappa shape index (κ2) is 16.6. The molecular formula is C37H44N4O7S. The van der Waals surface area contributed by atoms with Gasteiger partial charge in [0.2, 0.25) is 15.9 Å². The van der Waals surface area contributed by atoms with E-state index in [2.05, 4.69) is 14.6 Å². The summed E-state index contributed by atoms with van der Waals surface area (Å²) in [4.78, 5) is 39.9. The monoisotopic (exact) mass is 688 g/mol. The smallest absolute Gasteiger partial charge is 0.410 e. The number of amides is 2. The maximum absolute atomic E-state index is 13.1. The van der Waals surface area contributed by atoms with Gasteiger partial charge in [0, 0.05) is 43.3 Å². The minimum absolute atomic E-state index is 0.0100. The molecule has 260 valence electrons. The van der Waals surface area contributed by atoms with Gasteiger partial charge in [0.25, 0.3) is 0 Å². The van der Waals surface area contributed by atoms with Gasteiger partial charge in [-0.2, -0.15) is 4.72 Å². The Morgan fingerprint density at radius 2 is 1.63 bits per heavy atom. The third kappa shape index (κ3) is 9.70. The van der Waals surface area contributed by atoms with Crippen LogP contribution in [0, 0.1) is 12.8 Å². The summed E-state index contributed by atoms with van der Waals surface area (Å²) >= 11 is 0. The Morgan fingerprint density at radius 1 is 0.939 bits per heavy atom. The number of hydrogen-bond acceptors (Lipinski definition) is 7. The van der Waals surface area contributed by atoms with Crippen molar-refractivity contribution in [2.75, 3.05) is 26.7 Å². The van der Waals surface area contributed by atoms with Crippen molar-refractivity contribution in [3.8, 4) is 0 Å². The number of esters is 1. The molecule has 1 atom stereocenters. The number of piperidine rings is 1. The molecule has 4 aromatic rings. The highest BCUT2D eigenvalue weighted by atomic mass is 32.2. The second-order valence-corrected chi connectivity index (χ2v) is 14.2. The molecule has 2 N–H and O–H groups in total. The van der Waals surface area contributed by atoms with Crippen LogP contribution < -0.4 is 10.0 Å². The van der Waals surface area contributed by atoms with Crippen LogP contribution in [0.5, 0.6) is 0 Å². The quantitative estimate of drug-likeness (QED) is 0.179. The van der Waals surface area contributed by atoms with Crippen molar-refractivity contribution >= 4 is 38.9 Å². The van der Waals surface area contributed by atoms with Gasteiger partial charge in [-0.15, -0.1) is 0 Å². The number of methoxy groups -OCH3 is 1. The molecule has 0 unspecified atom stereocenters. The molecule has 1 fully saturated rings. The highest BCUT2D eigenvalue weighted by molar-refractivity contribution is 7.89. The van der Waals surface area contributed by atoms with Crippen molar-refractivity contribution in [2.45, 2.75) is 63.1 Å². The summed E-state index contributed by atoms with van der Waals surface area (Å²) in [6.45, 7) is 4.02. The number of fused-ring (bicyclic) bond motifs is 1. The van der Waals surface area contributed by atoms with Crippen LogP contribution >= 0.6 is 0 Å². The summed E-state index contributed by atoms with van der Waals surface area (Å²) in [5.74, 6) is -0.627. The molecule has 5 rings (SSSR count). The number of aromatic nitrogens is 1. The Balaban J connectivity index is 1.11. The second-order valence-electron chi connectivity index (χ2n) is 12.5. The molecule has 3 aromatic carbocycles. The number of rotatable bonds is 14. The van der Waals surface area contributed by atoms with Crippen molar-refractivity contribution in [1.82, 2.24) is 19.5 Å². The van der Waals surface area contributed by atoms with E-state index >= 15 is 0 Å².